The number of ether oxygens (including phenoxy) is 3. The van der Waals surface area contributed by atoms with E-state index < -0.39 is 6.10 Å². The van der Waals surface area contributed by atoms with Crippen molar-refractivity contribution in [3.05, 3.63) is 17.7 Å². The highest BCUT2D eigenvalue weighted by Gasteiger charge is 2.21. The Morgan fingerprint density at radius 2 is 2.10 bits per heavy atom. The van der Waals surface area contributed by atoms with E-state index in [2.05, 4.69) is 10.6 Å². The van der Waals surface area contributed by atoms with E-state index >= 15 is 0 Å². The molecule has 1 unspecified atom stereocenters. The summed E-state index contributed by atoms with van der Waals surface area (Å²) in [7, 11) is 1.85. The number of benzene rings is 1. The number of hydrogen-bond donors (Lipinski definition) is 2. The van der Waals surface area contributed by atoms with Crippen LogP contribution in [0.25, 0.3) is 0 Å². The lowest BCUT2D eigenvalue weighted by atomic mass is 10.1. The second kappa shape index (κ2) is 6.47. The molecule has 1 aromatic rings. The molecule has 0 aliphatic carbocycles. The Morgan fingerprint density at radius 3 is 2.75 bits per heavy atom. The van der Waals surface area contributed by atoms with Crippen LogP contribution < -0.4 is 24.8 Å². The number of amides is 1. The summed E-state index contributed by atoms with van der Waals surface area (Å²) in [4.78, 5) is 11.7. The average Bonchev–Trinajstić information content (AvgIpc) is 2.86. The van der Waals surface area contributed by atoms with Gasteiger partial charge in [-0.15, -0.1) is 0 Å². The van der Waals surface area contributed by atoms with Crippen LogP contribution in [-0.4, -0.2) is 32.4 Å². The first-order chi connectivity index (χ1) is 9.65. The van der Waals surface area contributed by atoms with Crippen molar-refractivity contribution < 1.29 is 19.0 Å². The van der Waals surface area contributed by atoms with Gasteiger partial charge in [-0.25, -0.2) is 0 Å². The van der Waals surface area contributed by atoms with E-state index in [-0.39, 0.29) is 12.7 Å². The lowest BCUT2D eigenvalue weighted by Gasteiger charge is -2.17. The molecule has 1 atom stereocenters. The second-order valence-corrected chi connectivity index (χ2v) is 4.50. The molecular weight excluding hydrogens is 260 g/mol. The molecule has 2 N–H and O–H groups in total. The van der Waals surface area contributed by atoms with Gasteiger partial charge in [0.25, 0.3) is 5.91 Å². The first-order valence-electron chi connectivity index (χ1n) is 6.67. The fourth-order valence-corrected chi connectivity index (χ4v) is 1.97. The minimum absolute atomic E-state index is 0.138. The van der Waals surface area contributed by atoms with E-state index in [0.717, 1.165) is 5.56 Å². The first kappa shape index (κ1) is 14.5. The van der Waals surface area contributed by atoms with Crippen LogP contribution in [0.2, 0.25) is 0 Å². The number of rotatable bonds is 6. The smallest absolute Gasteiger partial charge is 0.260 e. The van der Waals surface area contributed by atoms with Crippen LogP contribution in [0.1, 0.15) is 19.4 Å². The molecule has 110 valence electrons. The number of nitrogens with one attached hydrogen (secondary N) is 2. The van der Waals surface area contributed by atoms with Gasteiger partial charge in [0.2, 0.25) is 6.79 Å². The van der Waals surface area contributed by atoms with E-state index in [0.29, 0.717) is 30.3 Å². The van der Waals surface area contributed by atoms with Crippen molar-refractivity contribution in [2.45, 2.75) is 26.5 Å². The van der Waals surface area contributed by atoms with Gasteiger partial charge in [0.1, 0.15) is 5.75 Å². The Balaban J connectivity index is 2.19. The quantitative estimate of drug-likeness (QED) is 0.815. The summed E-state index contributed by atoms with van der Waals surface area (Å²) in [5, 5.41) is 5.80. The predicted octanol–water partition coefficient (Wildman–Crippen LogP) is 1.04. The Bertz CT molecular complexity index is 490. The average molecular weight is 280 g/mol. The van der Waals surface area contributed by atoms with Crippen molar-refractivity contribution in [3.8, 4) is 17.2 Å². The van der Waals surface area contributed by atoms with Gasteiger partial charge in [-0.1, -0.05) is 0 Å². The molecular formula is C14H20N2O4. The maximum Gasteiger partial charge on any atom is 0.260 e. The third-order valence-electron chi connectivity index (χ3n) is 2.95. The third-order valence-corrected chi connectivity index (χ3v) is 2.95. The summed E-state index contributed by atoms with van der Waals surface area (Å²) in [6.45, 7) is 5.01. The minimum atomic E-state index is -0.564. The molecule has 0 saturated heterocycles. The molecule has 0 fully saturated rings. The predicted molar refractivity (Wildman–Crippen MR) is 74.1 cm³/mol. The molecule has 0 radical (unpaired) electrons. The molecule has 6 nitrogen and oxygen atoms in total. The van der Waals surface area contributed by atoms with Gasteiger partial charge in [0.15, 0.2) is 17.6 Å². The Morgan fingerprint density at radius 1 is 1.40 bits per heavy atom. The summed E-state index contributed by atoms with van der Waals surface area (Å²) in [5.41, 5.74) is 0.924. The van der Waals surface area contributed by atoms with Crippen molar-refractivity contribution >= 4 is 5.91 Å². The summed E-state index contributed by atoms with van der Waals surface area (Å²) in [6.07, 6.45) is -0.564. The maximum atomic E-state index is 11.7. The SMILES string of the molecule is CCNC(=O)C(C)Oc1cc2c(cc1CNC)OCO2. The summed E-state index contributed by atoms with van der Waals surface area (Å²) in [5.74, 6) is 1.83. The molecule has 6 heteroatoms. The van der Waals surface area contributed by atoms with Gasteiger partial charge in [-0.05, 0) is 27.0 Å². The molecule has 2 rings (SSSR count). The van der Waals surface area contributed by atoms with Gasteiger partial charge in [-0.2, -0.15) is 0 Å². The zero-order valence-electron chi connectivity index (χ0n) is 12.0. The Hall–Kier alpha value is -1.95. The van der Waals surface area contributed by atoms with Crippen LogP contribution in [0.15, 0.2) is 12.1 Å². The summed E-state index contributed by atoms with van der Waals surface area (Å²) < 4.78 is 16.4. The van der Waals surface area contributed by atoms with E-state index in [4.69, 9.17) is 14.2 Å². The van der Waals surface area contributed by atoms with Gasteiger partial charge < -0.3 is 24.8 Å². The largest absolute Gasteiger partial charge is 0.480 e. The zero-order chi connectivity index (χ0) is 14.5. The molecule has 20 heavy (non-hydrogen) atoms. The van der Waals surface area contributed by atoms with Crippen molar-refractivity contribution in [3.63, 3.8) is 0 Å². The van der Waals surface area contributed by atoms with Crippen LogP contribution in [0.4, 0.5) is 0 Å². The number of hydrogen-bond acceptors (Lipinski definition) is 5. The number of carbonyl (C=O) groups is 1. The van der Waals surface area contributed by atoms with Crippen LogP contribution in [0.5, 0.6) is 17.2 Å². The highest BCUT2D eigenvalue weighted by molar-refractivity contribution is 5.80. The van der Waals surface area contributed by atoms with Crippen LogP contribution >= 0.6 is 0 Å². The minimum Gasteiger partial charge on any atom is -0.480 e. The van der Waals surface area contributed by atoms with Crippen molar-refractivity contribution in [2.75, 3.05) is 20.4 Å². The standard InChI is InChI=1S/C14H20N2O4/c1-4-16-14(17)9(2)20-11-6-13-12(18-8-19-13)5-10(11)7-15-3/h5-6,9,15H,4,7-8H2,1-3H3,(H,16,17). The highest BCUT2D eigenvalue weighted by atomic mass is 16.7. The van der Waals surface area contributed by atoms with E-state index in [9.17, 15) is 4.79 Å². The number of likely N-dealkylation sites (N-methyl/N-ethyl adjacent to an activating group) is 1. The third kappa shape index (κ3) is 3.14. The van der Waals surface area contributed by atoms with Gasteiger partial charge in [0, 0.05) is 24.7 Å². The molecule has 0 spiro atoms. The number of carbonyl (C=O) groups excluding carboxylic acids is 1. The second-order valence-electron chi connectivity index (χ2n) is 4.50. The molecule has 0 bridgehead atoms. The molecule has 1 amide bonds. The lowest BCUT2D eigenvalue weighted by Crippen LogP contribution is -2.36. The van der Waals surface area contributed by atoms with Crippen molar-refractivity contribution in [1.29, 1.82) is 0 Å². The van der Waals surface area contributed by atoms with Crippen LogP contribution in [0, 0.1) is 0 Å². The number of fused-ring (bicyclic) bond motifs is 1. The Labute approximate surface area is 118 Å². The normalized spacial score (nSPS) is 13.9. The van der Waals surface area contributed by atoms with Gasteiger partial charge in [0.05, 0.1) is 0 Å². The van der Waals surface area contributed by atoms with E-state index in [1.807, 2.05) is 20.0 Å². The molecule has 1 aliphatic rings. The van der Waals surface area contributed by atoms with E-state index in [1.54, 1.807) is 13.0 Å². The Kier molecular flexibility index (Phi) is 4.68. The molecule has 1 aliphatic heterocycles. The summed E-state index contributed by atoms with van der Waals surface area (Å²) in [6, 6.07) is 3.64. The molecule has 1 heterocycles. The monoisotopic (exact) mass is 280 g/mol. The topological polar surface area (TPSA) is 68.8 Å². The van der Waals surface area contributed by atoms with Crippen molar-refractivity contribution in [1.82, 2.24) is 10.6 Å². The zero-order valence-corrected chi connectivity index (χ0v) is 12.0. The van der Waals surface area contributed by atoms with Crippen LogP contribution in [-0.2, 0) is 11.3 Å². The van der Waals surface area contributed by atoms with Crippen molar-refractivity contribution in [2.24, 2.45) is 0 Å². The lowest BCUT2D eigenvalue weighted by molar-refractivity contribution is -0.127. The van der Waals surface area contributed by atoms with Gasteiger partial charge >= 0.3 is 0 Å². The van der Waals surface area contributed by atoms with E-state index in [1.165, 1.54) is 0 Å². The fourth-order valence-electron chi connectivity index (χ4n) is 1.97. The molecule has 1 aromatic carbocycles. The first-order valence-corrected chi connectivity index (χ1v) is 6.67. The molecule has 0 saturated carbocycles. The van der Waals surface area contributed by atoms with Gasteiger partial charge in [-0.3, -0.25) is 4.79 Å². The fraction of sp³-hybridized carbons (Fsp3) is 0.500. The van der Waals surface area contributed by atoms with Crippen LogP contribution in [0.3, 0.4) is 0 Å². The molecule has 0 aromatic heterocycles. The summed E-state index contributed by atoms with van der Waals surface area (Å²) >= 11 is 0. The highest BCUT2D eigenvalue weighted by Crippen LogP contribution is 2.38. The maximum absolute atomic E-state index is 11.7.